The van der Waals surface area contributed by atoms with Gasteiger partial charge >= 0.3 is 0 Å². The van der Waals surface area contributed by atoms with E-state index in [-0.39, 0.29) is 0 Å². The Bertz CT molecular complexity index is 534. The molecule has 6 heteroatoms. The summed E-state index contributed by atoms with van der Waals surface area (Å²) >= 11 is 0. The smallest absolute Gasteiger partial charge is 0.240 e. The van der Waals surface area contributed by atoms with Gasteiger partial charge < -0.3 is 4.98 Å². The van der Waals surface area contributed by atoms with E-state index in [0.29, 0.717) is 5.78 Å². The number of H-pyrrole nitrogens is 1. The largest absolute Gasteiger partial charge is 0.328 e. The first-order valence-electron chi connectivity index (χ1n) is 3.42. The van der Waals surface area contributed by atoms with Crippen molar-refractivity contribution in [3.05, 3.63) is 19.0 Å². The lowest BCUT2D eigenvalue weighted by Gasteiger charge is -1.86. The van der Waals surface area contributed by atoms with Crippen molar-refractivity contribution in [2.45, 2.75) is 0 Å². The summed E-state index contributed by atoms with van der Waals surface area (Å²) in [7, 11) is 0. The molecule has 6 nitrogen and oxygen atoms in total. The highest BCUT2D eigenvalue weighted by Crippen LogP contribution is 2.07. The van der Waals surface area contributed by atoms with Gasteiger partial charge in [-0.3, -0.25) is 0 Å². The molecule has 0 amide bonds. The van der Waals surface area contributed by atoms with Crippen LogP contribution in [-0.2, 0) is 0 Å². The maximum absolute atomic E-state index is 4.17. The molecule has 3 aromatic heterocycles. The Hall–Kier alpha value is -1.98. The average Bonchev–Trinajstić information content (AvgIpc) is 2.62. The minimum absolute atomic E-state index is 0.611. The average molecular weight is 160 g/mol. The van der Waals surface area contributed by atoms with Crippen molar-refractivity contribution in [1.82, 2.24) is 29.3 Å². The number of aromatic nitrogens is 6. The summed E-state index contributed by atoms with van der Waals surface area (Å²) < 4.78 is 1.73. The zero-order valence-electron chi connectivity index (χ0n) is 5.97. The second-order valence-corrected chi connectivity index (χ2v) is 2.37. The molecule has 0 spiro atoms. The van der Waals surface area contributed by atoms with E-state index in [4.69, 9.17) is 0 Å². The van der Waals surface area contributed by atoms with Crippen LogP contribution >= 0.6 is 0 Å². The molecule has 3 rings (SSSR count). The van der Waals surface area contributed by atoms with Crippen LogP contribution in [0.15, 0.2) is 19.0 Å². The van der Waals surface area contributed by atoms with Gasteiger partial charge in [-0.2, -0.15) is 4.98 Å². The Morgan fingerprint density at radius 3 is 3.33 bits per heavy atom. The molecule has 0 aliphatic heterocycles. The summed E-state index contributed by atoms with van der Waals surface area (Å²) in [6.07, 6.45) is 4.69. The van der Waals surface area contributed by atoms with Crippen LogP contribution in [0.5, 0.6) is 0 Å². The maximum atomic E-state index is 4.17. The first-order valence-corrected chi connectivity index (χ1v) is 3.42. The van der Waals surface area contributed by atoms with Crippen molar-refractivity contribution in [1.29, 1.82) is 0 Å². The molecule has 0 bridgehead atoms. The van der Waals surface area contributed by atoms with E-state index in [9.17, 15) is 0 Å². The SMILES string of the molecule is c1ncn2c(n1)nc1[nH]cnc12. The normalized spacial score (nSPS) is 11.3. The van der Waals surface area contributed by atoms with Crippen LogP contribution in [0.4, 0.5) is 0 Å². The molecule has 12 heavy (non-hydrogen) atoms. The van der Waals surface area contributed by atoms with E-state index < -0.39 is 0 Å². The van der Waals surface area contributed by atoms with Crippen molar-refractivity contribution in [3.63, 3.8) is 0 Å². The van der Waals surface area contributed by atoms with Crippen LogP contribution in [0.1, 0.15) is 0 Å². The summed E-state index contributed by atoms with van der Waals surface area (Å²) in [6, 6.07) is 0. The first kappa shape index (κ1) is 5.64. The van der Waals surface area contributed by atoms with Crippen LogP contribution in [0.2, 0.25) is 0 Å². The topological polar surface area (TPSA) is 71.8 Å². The molecule has 58 valence electrons. The van der Waals surface area contributed by atoms with Gasteiger partial charge in [0, 0.05) is 0 Å². The number of hydrogen-bond donors (Lipinski definition) is 1. The molecular formula is C6H4N6. The summed E-state index contributed by atoms with van der Waals surface area (Å²) in [6.45, 7) is 0. The molecule has 0 unspecified atom stereocenters. The van der Waals surface area contributed by atoms with Crippen LogP contribution < -0.4 is 0 Å². The summed E-state index contributed by atoms with van der Waals surface area (Å²) in [5.41, 5.74) is 1.49. The van der Waals surface area contributed by atoms with Gasteiger partial charge in [-0.05, 0) is 0 Å². The lowest BCUT2D eigenvalue weighted by Crippen LogP contribution is -1.89. The molecule has 0 aliphatic rings. The van der Waals surface area contributed by atoms with Gasteiger partial charge in [-0.25, -0.2) is 19.4 Å². The highest BCUT2D eigenvalue weighted by atomic mass is 15.2. The molecule has 0 saturated heterocycles. The monoisotopic (exact) mass is 160 g/mol. The third-order valence-electron chi connectivity index (χ3n) is 1.68. The van der Waals surface area contributed by atoms with E-state index >= 15 is 0 Å². The van der Waals surface area contributed by atoms with Crippen molar-refractivity contribution in [2.75, 3.05) is 0 Å². The Kier molecular flexibility index (Phi) is 0.840. The van der Waals surface area contributed by atoms with Crippen molar-refractivity contribution >= 4 is 17.1 Å². The van der Waals surface area contributed by atoms with Crippen molar-refractivity contribution in [3.8, 4) is 0 Å². The highest BCUT2D eigenvalue weighted by Gasteiger charge is 2.05. The van der Waals surface area contributed by atoms with E-state index in [0.717, 1.165) is 11.3 Å². The first-order chi connectivity index (χ1) is 5.95. The molecule has 1 N–H and O–H groups in total. The maximum Gasteiger partial charge on any atom is 0.240 e. The number of aromatic amines is 1. The van der Waals surface area contributed by atoms with Gasteiger partial charge in [0.15, 0.2) is 11.3 Å². The molecule has 0 aliphatic carbocycles. The molecular weight excluding hydrogens is 156 g/mol. The van der Waals surface area contributed by atoms with Gasteiger partial charge in [0.1, 0.15) is 12.7 Å². The van der Waals surface area contributed by atoms with Crippen molar-refractivity contribution in [2.24, 2.45) is 0 Å². The quantitative estimate of drug-likeness (QED) is 0.502. The number of nitrogens with one attached hydrogen (secondary N) is 1. The summed E-state index contributed by atoms with van der Waals surface area (Å²) in [5, 5.41) is 0. The Morgan fingerprint density at radius 1 is 1.33 bits per heavy atom. The van der Waals surface area contributed by atoms with Gasteiger partial charge in [-0.1, -0.05) is 0 Å². The molecule has 3 heterocycles. The zero-order chi connectivity index (χ0) is 7.97. The fourth-order valence-electron chi connectivity index (χ4n) is 1.17. The number of rotatable bonds is 0. The zero-order valence-corrected chi connectivity index (χ0v) is 5.97. The molecule has 0 saturated carbocycles. The predicted octanol–water partition coefficient (Wildman–Crippen LogP) is 0.000600. The molecule has 0 atom stereocenters. The Balaban J connectivity index is 2.68. The van der Waals surface area contributed by atoms with E-state index in [1.807, 2.05) is 0 Å². The van der Waals surface area contributed by atoms with Gasteiger partial charge in [0.05, 0.1) is 6.33 Å². The second kappa shape index (κ2) is 1.79. The lowest BCUT2D eigenvalue weighted by molar-refractivity contribution is 1.01. The van der Waals surface area contributed by atoms with Gasteiger partial charge in [0.25, 0.3) is 0 Å². The van der Waals surface area contributed by atoms with Crippen LogP contribution in [0, 0.1) is 0 Å². The third-order valence-corrected chi connectivity index (χ3v) is 1.68. The molecule has 0 fully saturated rings. The molecule has 0 aromatic carbocycles. The lowest BCUT2D eigenvalue weighted by atomic mass is 10.8. The third kappa shape index (κ3) is 0.541. The van der Waals surface area contributed by atoms with Crippen LogP contribution in [0.3, 0.4) is 0 Å². The summed E-state index contributed by atoms with van der Waals surface area (Å²) in [4.78, 5) is 19.0. The van der Waals surface area contributed by atoms with Crippen LogP contribution in [-0.4, -0.2) is 29.3 Å². The minimum Gasteiger partial charge on any atom is -0.328 e. The van der Waals surface area contributed by atoms with Crippen molar-refractivity contribution < 1.29 is 0 Å². The Labute approximate surface area is 66.3 Å². The second-order valence-electron chi connectivity index (χ2n) is 2.37. The predicted molar refractivity (Wildman–Crippen MR) is 40.4 cm³/mol. The fraction of sp³-hybridized carbons (Fsp3) is 0. The number of hydrogen-bond acceptors (Lipinski definition) is 4. The van der Waals surface area contributed by atoms with E-state index in [1.165, 1.54) is 6.33 Å². The highest BCUT2D eigenvalue weighted by molar-refractivity contribution is 5.70. The number of imidazole rings is 2. The number of nitrogens with zero attached hydrogens (tertiary/aromatic N) is 5. The standard InChI is InChI=1S/C6H4N6/c1-7-3-12-5-4(8-2-9-5)11-6(12)10-1/h1-3H,(H,8,9). The van der Waals surface area contributed by atoms with Crippen LogP contribution in [0.25, 0.3) is 17.1 Å². The van der Waals surface area contributed by atoms with E-state index in [2.05, 4.69) is 24.9 Å². The Morgan fingerprint density at radius 2 is 2.33 bits per heavy atom. The number of fused-ring (bicyclic) bond motifs is 3. The van der Waals surface area contributed by atoms with Gasteiger partial charge in [-0.15, -0.1) is 0 Å². The fourth-order valence-corrected chi connectivity index (χ4v) is 1.17. The minimum atomic E-state index is 0.611. The van der Waals surface area contributed by atoms with Gasteiger partial charge in [0.2, 0.25) is 5.78 Å². The molecule has 0 radical (unpaired) electrons. The summed E-state index contributed by atoms with van der Waals surface area (Å²) in [5.74, 6) is 0.611. The molecule has 3 aromatic rings. The van der Waals surface area contributed by atoms with E-state index in [1.54, 1.807) is 17.1 Å².